The Hall–Kier alpha value is -2.70. The number of hydrogen-bond donors (Lipinski definition) is 1. The van der Waals surface area contributed by atoms with Gasteiger partial charge in [0.15, 0.2) is 5.78 Å². The van der Waals surface area contributed by atoms with E-state index < -0.39 is 11.9 Å². The summed E-state index contributed by atoms with van der Waals surface area (Å²) < 4.78 is 0. The van der Waals surface area contributed by atoms with Crippen LogP contribution in [0.25, 0.3) is 0 Å². The lowest BCUT2D eigenvalue weighted by atomic mass is 10.1. The number of Topliss-reactive ketones (excluding diaryl/α,β-unsaturated/α-hetero) is 1. The molecular formula is C18H23N3O4. The molecule has 0 radical (unpaired) electrons. The van der Waals surface area contributed by atoms with Gasteiger partial charge in [-0.3, -0.25) is 19.3 Å². The van der Waals surface area contributed by atoms with E-state index in [2.05, 4.69) is 5.32 Å². The Bertz CT molecular complexity index is 701. The molecule has 1 atom stereocenters. The van der Waals surface area contributed by atoms with Gasteiger partial charge in [-0.2, -0.15) is 0 Å². The second-order valence-electron chi connectivity index (χ2n) is 6.15. The number of nitrogens with one attached hydrogen (secondary N) is 1. The van der Waals surface area contributed by atoms with Crippen LogP contribution in [0.15, 0.2) is 24.3 Å². The number of nitrogens with zero attached hydrogens (tertiary/aromatic N) is 2. The molecule has 0 bridgehead atoms. The third-order valence-electron chi connectivity index (χ3n) is 4.32. The molecule has 0 aromatic heterocycles. The maximum atomic E-state index is 12.5. The smallest absolute Gasteiger partial charge is 0.325 e. The van der Waals surface area contributed by atoms with Crippen molar-refractivity contribution in [1.29, 1.82) is 0 Å². The van der Waals surface area contributed by atoms with Crippen LogP contribution in [0.2, 0.25) is 0 Å². The topological polar surface area (TPSA) is 86.8 Å². The zero-order valence-electron chi connectivity index (χ0n) is 14.7. The van der Waals surface area contributed by atoms with Crippen molar-refractivity contribution < 1.29 is 19.2 Å². The van der Waals surface area contributed by atoms with Crippen molar-refractivity contribution in [3.63, 3.8) is 0 Å². The van der Waals surface area contributed by atoms with E-state index in [1.807, 2.05) is 13.8 Å². The van der Waals surface area contributed by atoms with E-state index in [0.29, 0.717) is 17.8 Å². The quantitative estimate of drug-likeness (QED) is 0.801. The Morgan fingerprint density at radius 2 is 2.00 bits per heavy atom. The van der Waals surface area contributed by atoms with Crippen LogP contribution in [0, 0.1) is 0 Å². The lowest BCUT2D eigenvalue weighted by Crippen LogP contribution is -2.56. The number of carbonyl (C=O) groups is 4. The lowest BCUT2D eigenvalue weighted by Gasteiger charge is -2.37. The average Bonchev–Trinajstić information content (AvgIpc) is 2.58. The molecule has 1 aliphatic rings. The van der Waals surface area contributed by atoms with E-state index >= 15 is 0 Å². The number of anilines is 1. The number of imide groups is 1. The van der Waals surface area contributed by atoms with Crippen molar-refractivity contribution in [2.24, 2.45) is 0 Å². The molecule has 1 saturated heterocycles. The molecule has 25 heavy (non-hydrogen) atoms. The third kappa shape index (κ3) is 4.43. The number of urea groups is 1. The first kappa shape index (κ1) is 18.6. The van der Waals surface area contributed by atoms with Crippen molar-refractivity contribution in [2.75, 3.05) is 18.4 Å². The van der Waals surface area contributed by atoms with Crippen LogP contribution in [-0.4, -0.2) is 52.6 Å². The Balaban J connectivity index is 2.05. The highest BCUT2D eigenvalue weighted by molar-refractivity contribution is 6.03. The molecule has 7 nitrogen and oxygen atoms in total. The standard InChI is InChI=1S/C18H23N3O4/c1-4-12(2)20-9-8-17(24)21(18(20)25)11-16(23)19-15-7-5-6-14(10-15)13(3)22/h5-7,10,12H,4,8-9,11H2,1-3H3,(H,19,23). The summed E-state index contributed by atoms with van der Waals surface area (Å²) in [6.45, 7) is 5.36. The summed E-state index contributed by atoms with van der Waals surface area (Å²) in [5, 5.41) is 2.63. The van der Waals surface area contributed by atoms with Crippen molar-refractivity contribution in [3.05, 3.63) is 29.8 Å². The van der Waals surface area contributed by atoms with E-state index in [-0.39, 0.29) is 30.7 Å². The van der Waals surface area contributed by atoms with Gasteiger partial charge in [-0.1, -0.05) is 19.1 Å². The van der Waals surface area contributed by atoms with E-state index in [1.54, 1.807) is 29.2 Å². The molecule has 1 aromatic carbocycles. The number of carbonyl (C=O) groups excluding carboxylic acids is 4. The number of amides is 4. The van der Waals surface area contributed by atoms with E-state index in [0.717, 1.165) is 11.3 Å². The molecule has 0 aliphatic carbocycles. The second kappa shape index (κ2) is 7.92. The molecular weight excluding hydrogens is 322 g/mol. The predicted molar refractivity (Wildman–Crippen MR) is 93.3 cm³/mol. The van der Waals surface area contributed by atoms with Gasteiger partial charge < -0.3 is 10.2 Å². The summed E-state index contributed by atoms with van der Waals surface area (Å²) in [5.41, 5.74) is 0.930. The maximum absolute atomic E-state index is 12.5. The number of ketones is 1. The minimum atomic E-state index is -0.478. The molecule has 7 heteroatoms. The minimum Gasteiger partial charge on any atom is -0.325 e. The molecule has 1 fully saturated rings. The Morgan fingerprint density at radius 1 is 1.28 bits per heavy atom. The first-order valence-electron chi connectivity index (χ1n) is 8.35. The van der Waals surface area contributed by atoms with Crippen LogP contribution in [0.4, 0.5) is 10.5 Å². The number of benzene rings is 1. The van der Waals surface area contributed by atoms with E-state index in [9.17, 15) is 19.2 Å². The van der Waals surface area contributed by atoms with Gasteiger partial charge in [0.1, 0.15) is 6.54 Å². The zero-order valence-corrected chi connectivity index (χ0v) is 14.7. The summed E-state index contributed by atoms with van der Waals surface area (Å²) in [6.07, 6.45) is 0.987. The summed E-state index contributed by atoms with van der Waals surface area (Å²) in [7, 11) is 0. The highest BCUT2D eigenvalue weighted by Gasteiger charge is 2.35. The van der Waals surface area contributed by atoms with Crippen LogP contribution in [-0.2, 0) is 9.59 Å². The van der Waals surface area contributed by atoms with Gasteiger partial charge in [0.05, 0.1) is 0 Å². The number of hydrogen-bond acceptors (Lipinski definition) is 4. The molecule has 1 heterocycles. The summed E-state index contributed by atoms with van der Waals surface area (Å²) in [5.74, 6) is -0.938. The first-order valence-corrected chi connectivity index (χ1v) is 8.35. The zero-order chi connectivity index (χ0) is 18.6. The Labute approximate surface area is 147 Å². The van der Waals surface area contributed by atoms with Gasteiger partial charge in [-0.15, -0.1) is 0 Å². The summed E-state index contributed by atoms with van der Waals surface area (Å²) in [6, 6.07) is 6.10. The fourth-order valence-corrected chi connectivity index (χ4v) is 2.65. The van der Waals surface area contributed by atoms with Crippen LogP contribution in [0.1, 0.15) is 44.0 Å². The third-order valence-corrected chi connectivity index (χ3v) is 4.32. The van der Waals surface area contributed by atoms with Crippen molar-refractivity contribution in [3.8, 4) is 0 Å². The molecule has 1 N–H and O–H groups in total. The molecule has 2 rings (SSSR count). The molecule has 1 unspecified atom stereocenters. The maximum Gasteiger partial charge on any atom is 0.327 e. The van der Waals surface area contributed by atoms with Gasteiger partial charge in [0.2, 0.25) is 11.8 Å². The summed E-state index contributed by atoms with van der Waals surface area (Å²) >= 11 is 0. The van der Waals surface area contributed by atoms with Crippen LogP contribution in [0.5, 0.6) is 0 Å². The minimum absolute atomic E-state index is 0.0124. The van der Waals surface area contributed by atoms with Crippen molar-refractivity contribution in [1.82, 2.24) is 9.80 Å². The Morgan fingerprint density at radius 3 is 2.64 bits per heavy atom. The molecule has 4 amide bonds. The molecule has 0 saturated carbocycles. The second-order valence-corrected chi connectivity index (χ2v) is 6.15. The van der Waals surface area contributed by atoms with Gasteiger partial charge >= 0.3 is 6.03 Å². The normalized spacial score (nSPS) is 16.0. The fourth-order valence-electron chi connectivity index (χ4n) is 2.65. The molecule has 134 valence electrons. The largest absolute Gasteiger partial charge is 0.327 e. The molecule has 0 spiro atoms. The lowest BCUT2D eigenvalue weighted by molar-refractivity contribution is -0.134. The highest BCUT2D eigenvalue weighted by Crippen LogP contribution is 2.16. The average molecular weight is 345 g/mol. The van der Waals surface area contributed by atoms with Gasteiger partial charge in [0, 0.05) is 30.3 Å². The highest BCUT2D eigenvalue weighted by atomic mass is 16.2. The van der Waals surface area contributed by atoms with E-state index in [1.165, 1.54) is 6.92 Å². The molecule has 1 aromatic rings. The number of rotatable bonds is 6. The van der Waals surface area contributed by atoms with Gasteiger partial charge in [-0.05, 0) is 32.4 Å². The van der Waals surface area contributed by atoms with Crippen LogP contribution in [0.3, 0.4) is 0 Å². The van der Waals surface area contributed by atoms with Crippen LogP contribution >= 0.6 is 0 Å². The predicted octanol–water partition coefficient (Wildman–Crippen LogP) is 2.28. The van der Waals surface area contributed by atoms with Crippen LogP contribution < -0.4 is 5.32 Å². The first-order chi connectivity index (χ1) is 11.8. The monoisotopic (exact) mass is 345 g/mol. The van der Waals surface area contributed by atoms with Crippen molar-refractivity contribution in [2.45, 2.75) is 39.7 Å². The summed E-state index contributed by atoms with van der Waals surface area (Å²) in [4.78, 5) is 50.8. The van der Waals surface area contributed by atoms with Crippen molar-refractivity contribution >= 4 is 29.3 Å². The SMILES string of the molecule is CCC(C)N1CCC(=O)N(CC(=O)Nc2cccc(C(C)=O)c2)C1=O. The molecule has 1 aliphatic heterocycles. The van der Waals surface area contributed by atoms with Gasteiger partial charge in [-0.25, -0.2) is 4.79 Å². The van der Waals surface area contributed by atoms with Gasteiger partial charge in [0.25, 0.3) is 0 Å². The Kier molecular flexibility index (Phi) is 5.90. The fraction of sp³-hybridized carbons (Fsp3) is 0.444. The van der Waals surface area contributed by atoms with E-state index in [4.69, 9.17) is 0 Å².